The van der Waals surface area contributed by atoms with Crippen LogP contribution in [0.4, 0.5) is 0 Å². The van der Waals surface area contributed by atoms with Crippen LogP contribution in [0, 0.1) is 11.8 Å². The molecule has 1 aliphatic carbocycles. The second kappa shape index (κ2) is 5.28. The van der Waals surface area contributed by atoms with E-state index in [0.717, 1.165) is 31.7 Å². The van der Waals surface area contributed by atoms with E-state index in [1.165, 1.54) is 12.0 Å². The number of fused-ring (bicyclic) bond motifs is 1. The van der Waals surface area contributed by atoms with Crippen molar-refractivity contribution >= 4 is 0 Å². The van der Waals surface area contributed by atoms with Crippen LogP contribution < -0.4 is 0 Å². The van der Waals surface area contributed by atoms with Crippen molar-refractivity contribution in [1.82, 2.24) is 14.5 Å². The standard InChI is InChI=1S/C17H21N3O/c21-17-6-3-14-10-19(11-16(14)17)9-13-1-4-15(5-2-13)20-8-7-18-12-20/h1-2,4-5,7-8,12,14,16-17,21H,3,6,9-11H2. The monoisotopic (exact) mass is 283 g/mol. The van der Waals surface area contributed by atoms with Crippen LogP contribution in [0.1, 0.15) is 18.4 Å². The number of hydrogen-bond donors (Lipinski definition) is 1. The van der Waals surface area contributed by atoms with Crippen LogP contribution in [0.5, 0.6) is 0 Å². The highest BCUT2D eigenvalue weighted by atomic mass is 16.3. The van der Waals surface area contributed by atoms with Crippen LogP contribution in [-0.4, -0.2) is 38.8 Å². The minimum atomic E-state index is -0.0661. The normalized spacial score (nSPS) is 28.9. The molecule has 2 aliphatic rings. The van der Waals surface area contributed by atoms with Crippen LogP contribution in [0.15, 0.2) is 43.0 Å². The van der Waals surface area contributed by atoms with E-state index in [4.69, 9.17) is 0 Å². The van der Waals surface area contributed by atoms with E-state index in [-0.39, 0.29) is 6.10 Å². The van der Waals surface area contributed by atoms with Crippen molar-refractivity contribution in [2.75, 3.05) is 13.1 Å². The third kappa shape index (κ3) is 2.49. The van der Waals surface area contributed by atoms with Gasteiger partial charge in [0.2, 0.25) is 0 Å². The smallest absolute Gasteiger partial charge is 0.0991 e. The molecule has 3 unspecified atom stereocenters. The lowest BCUT2D eigenvalue weighted by molar-refractivity contribution is 0.123. The summed E-state index contributed by atoms with van der Waals surface area (Å²) in [7, 11) is 0. The molecule has 2 aromatic rings. The van der Waals surface area contributed by atoms with Gasteiger partial charge in [0, 0.05) is 43.6 Å². The number of likely N-dealkylation sites (tertiary alicyclic amines) is 1. The van der Waals surface area contributed by atoms with Crippen molar-refractivity contribution in [3.63, 3.8) is 0 Å². The van der Waals surface area contributed by atoms with Gasteiger partial charge in [0.25, 0.3) is 0 Å². The maximum absolute atomic E-state index is 9.99. The minimum absolute atomic E-state index is 0.0661. The van der Waals surface area contributed by atoms with Gasteiger partial charge in [0.1, 0.15) is 0 Å². The van der Waals surface area contributed by atoms with Crippen LogP contribution in [-0.2, 0) is 6.54 Å². The quantitative estimate of drug-likeness (QED) is 0.937. The fraction of sp³-hybridized carbons (Fsp3) is 0.471. The number of aliphatic hydroxyl groups excluding tert-OH is 1. The third-order valence-corrected chi connectivity index (χ3v) is 5.04. The molecule has 3 atom stereocenters. The molecule has 4 heteroatoms. The van der Waals surface area contributed by atoms with Crippen LogP contribution in [0.3, 0.4) is 0 Å². The maximum atomic E-state index is 9.99. The maximum Gasteiger partial charge on any atom is 0.0991 e. The van der Waals surface area contributed by atoms with Gasteiger partial charge in [0.05, 0.1) is 12.4 Å². The number of aromatic nitrogens is 2. The van der Waals surface area contributed by atoms with Crippen LogP contribution >= 0.6 is 0 Å². The Bertz CT molecular complexity index is 593. The Morgan fingerprint density at radius 1 is 1.14 bits per heavy atom. The number of nitrogens with zero attached hydrogens (tertiary/aromatic N) is 3. The Balaban J connectivity index is 1.42. The topological polar surface area (TPSA) is 41.3 Å². The number of benzene rings is 1. The van der Waals surface area contributed by atoms with Crippen molar-refractivity contribution in [3.8, 4) is 5.69 Å². The van der Waals surface area contributed by atoms with Crippen molar-refractivity contribution < 1.29 is 5.11 Å². The van der Waals surface area contributed by atoms with Gasteiger partial charge in [-0.3, -0.25) is 4.90 Å². The first kappa shape index (κ1) is 13.0. The average molecular weight is 283 g/mol. The molecule has 4 nitrogen and oxygen atoms in total. The van der Waals surface area contributed by atoms with E-state index >= 15 is 0 Å². The Labute approximate surface area is 125 Å². The zero-order chi connectivity index (χ0) is 14.2. The molecule has 2 fully saturated rings. The summed E-state index contributed by atoms with van der Waals surface area (Å²) in [4.78, 5) is 6.56. The predicted octanol–water partition coefficient (Wildman–Crippen LogP) is 2.08. The fourth-order valence-electron chi connectivity index (χ4n) is 3.90. The molecule has 1 saturated heterocycles. The Hall–Kier alpha value is -1.65. The lowest BCUT2D eigenvalue weighted by atomic mass is 10.00. The van der Waals surface area contributed by atoms with Gasteiger partial charge in [0.15, 0.2) is 0 Å². The van der Waals surface area contributed by atoms with Crippen molar-refractivity contribution in [2.24, 2.45) is 11.8 Å². The van der Waals surface area contributed by atoms with Gasteiger partial charge < -0.3 is 9.67 Å². The molecule has 0 amide bonds. The van der Waals surface area contributed by atoms with E-state index in [2.05, 4.69) is 34.1 Å². The van der Waals surface area contributed by atoms with E-state index in [9.17, 15) is 5.11 Å². The second-order valence-electron chi connectivity index (χ2n) is 6.40. The van der Waals surface area contributed by atoms with Crippen molar-refractivity contribution in [1.29, 1.82) is 0 Å². The molecule has 0 radical (unpaired) electrons. The number of aliphatic hydroxyl groups is 1. The average Bonchev–Trinajstić information content (AvgIpc) is 3.20. The molecule has 1 saturated carbocycles. The number of rotatable bonds is 3. The SMILES string of the molecule is OC1CCC2CN(Cc3ccc(-n4ccnc4)cc3)CC12. The Morgan fingerprint density at radius 2 is 2.00 bits per heavy atom. The molecular weight excluding hydrogens is 262 g/mol. The minimum Gasteiger partial charge on any atom is -0.393 e. The lowest BCUT2D eigenvalue weighted by Crippen LogP contribution is -2.24. The van der Waals surface area contributed by atoms with Gasteiger partial charge >= 0.3 is 0 Å². The fourth-order valence-corrected chi connectivity index (χ4v) is 3.90. The van der Waals surface area contributed by atoms with Crippen molar-refractivity contribution in [2.45, 2.75) is 25.5 Å². The molecule has 21 heavy (non-hydrogen) atoms. The van der Waals surface area contributed by atoms with Gasteiger partial charge in [-0.25, -0.2) is 4.98 Å². The molecule has 4 rings (SSSR count). The first-order valence-electron chi connectivity index (χ1n) is 7.77. The molecule has 1 aliphatic heterocycles. The molecule has 2 heterocycles. The summed E-state index contributed by atoms with van der Waals surface area (Å²) >= 11 is 0. The van der Waals surface area contributed by atoms with E-state index < -0.39 is 0 Å². The number of imidazole rings is 1. The lowest BCUT2D eigenvalue weighted by Gasteiger charge is -2.18. The zero-order valence-electron chi connectivity index (χ0n) is 12.1. The summed E-state index contributed by atoms with van der Waals surface area (Å²) in [5, 5.41) is 9.99. The summed E-state index contributed by atoms with van der Waals surface area (Å²) in [6.07, 6.45) is 7.70. The number of hydrogen-bond acceptors (Lipinski definition) is 3. The second-order valence-corrected chi connectivity index (χ2v) is 6.40. The highest BCUT2D eigenvalue weighted by Crippen LogP contribution is 2.38. The molecule has 1 aromatic carbocycles. The summed E-state index contributed by atoms with van der Waals surface area (Å²) in [6.45, 7) is 3.18. The highest BCUT2D eigenvalue weighted by molar-refractivity contribution is 5.34. The van der Waals surface area contributed by atoms with Gasteiger partial charge in [-0.1, -0.05) is 12.1 Å². The summed E-state index contributed by atoms with van der Waals surface area (Å²) in [5.74, 6) is 1.22. The largest absolute Gasteiger partial charge is 0.393 e. The molecule has 1 N–H and O–H groups in total. The van der Waals surface area contributed by atoms with E-state index in [1.54, 1.807) is 6.20 Å². The van der Waals surface area contributed by atoms with Gasteiger partial charge in [-0.05, 0) is 36.5 Å². The predicted molar refractivity (Wildman–Crippen MR) is 81.1 cm³/mol. The van der Waals surface area contributed by atoms with E-state index in [1.807, 2.05) is 17.1 Å². The first-order valence-corrected chi connectivity index (χ1v) is 7.77. The molecule has 110 valence electrons. The van der Waals surface area contributed by atoms with Gasteiger partial charge in [-0.2, -0.15) is 0 Å². The zero-order valence-corrected chi connectivity index (χ0v) is 12.1. The third-order valence-electron chi connectivity index (χ3n) is 5.04. The van der Waals surface area contributed by atoms with E-state index in [0.29, 0.717) is 11.8 Å². The first-order chi connectivity index (χ1) is 10.3. The molecule has 0 bridgehead atoms. The Kier molecular flexibility index (Phi) is 3.28. The summed E-state index contributed by atoms with van der Waals surface area (Å²) in [6, 6.07) is 8.67. The van der Waals surface area contributed by atoms with Crippen LogP contribution in [0.25, 0.3) is 5.69 Å². The molecular formula is C17H21N3O. The summed E-state index contributed by atoms with van der Waals surface area (Å²) < 4.78 is 2.01. The van der Waals surface area contributed by atoms with Gasteiger partial charge in [-0.15, -0.1) is 0 Å². The molecule has 1 aromatic heterocycles. The molecule has 0 spiro atoms. The Morgan fingerprint density at radius 3 is 2.71 bits per heavy atom. The highest BCUT2D eigenvalue weighted by Gasteiger charge is 2.41. The summed E-state index contributed by atoms with van der Waals surface area (Å²) in [5.41, 5.74) is 2.48. The van der Waals surface area contributed by atoms with Crippen LogP contribution in [0.2, 0.25) is 0 Å². The van der Waals surface area contributed by atoms with Crippen molar-refractivity contribution in [3.05, 3.63) is 48.5 Å².